The van der Waals surface area contributed by atoms with Crippen molar-refractivity contribution in [2.24, 2.45) is 0 Å². The molecule has 0 unspecified atom stereocenters. The van der Waals surface area contributed by atoms with Gasteiger partial charge in [0.2, 0.25) is 0 Å². The van der Waals surface area contributed by atoms with Crippen LogP contribution in [0.15, 0.2) is 47.7 Å². The molecule has 1 aromatic carbocycles. The average molecular weight is 462 g/mol. The SMILES string of the molecule is COCCn1cnn(CN2CCN(c3cnn(-c4ccccc4)c(=O)c3Cl)CC2)c1=S. The summed E-state index contributed by atoms with van der Waals surface area (Å²) in [5, 5.41) is 8.91. The molecular weight excluding hydrogens is 438 g/mol. The molecule has 1 saturated heterocycles. The van der Waals surface area contributed by atoms with Crippen LogP contribution in [0.25, 0.3) is 5.69 Å². The van der Waals surface area contributed by atoms with E-state index in [0.717, 1.165) is 26.2 Å². The van der Waals surface area contributed by atoms with Gasteiger partial charge in [0, 0.05) is 39.8 Å². The summed E-state index contributed by atoms with van der Waals surface area (Å²) in [4.78, 5) is 17.1. The third-order valence-electron chi connectivity index (χ3n) is 5.28. The van der Waals surface area contributed by atoms with Crippen molar-refractivity contribution in [1.29, 1.82) is 0 Å². The van der Waals surface area contributed by atoms with Gasteiger partial charge in [-0.1, -0.05) is 29.8 Å². The highest BCUT2D eigenvalue weighted by Crippen LogP contribution is 2.23. The van der Waals surface area contributed by atoms with Crippen molar-refractivity contribution in [3.63, 3.8) is 0 Å². The number of para-hydroxylation sites is 1. The molecule has 2 aromatic heterocycles. The van der Waals surface area contributed by atoms with Gasteiger partial charge in [-0.15, -0.1) is 0 Å². The van der Waals surface area contributed by atoms with Crippen LogP contribution in [0.2, 0.25) is 5.02 Å². The quantitative estimate of drug-likeness (QED) is 0.498. The number of anilines is 1. The van der Waals surface area contributed by atoms with E-state index < -0.39 is 0 Å². The smallest absolute Gasteiger partial charge is 0.292 e. The second-order valence-corrected chi connectivity index (χ2v) is 7.99. The van der Waals surface area contributed by atoms with Gasteiger partial charge < -0.3 is 14.2 Å². The summed E-state index contributed by atoms with van der Waals surface area (Å²) in [7, 11) is 1.67. The number of nitrogens with zero attached hydrogens (tertiary/aromatic N) is 7. The lowest BCUT2D eigenvalue weighted by atomic mass is 10.3. The number of benzene rings is 1. The van der Waals surface area contributed by atoms with E-state index in [4.69, 9.17) is 28.6 Å². The Morgan fingerprint density at radius 2 is 1.87 bits per heavy atom. The first-order valence-electron chi connectivity index (χ1n) is 10.00. The van der Waals surface area contributed by atoms with E-state index in [2.05, 4.69) is 20.0 Å². The van der Waals surface area contributed by atoms with Gasteiger partial charge >= 0.3 is 0 Å². The standard InChI is InChI=1S/C20H24ClN7O2S/c1-30-12-11-26-14-23-27(20(26)31)15-24-7-9-25(10-8-24)17-13-22-28(19(29)18(17)21)16-5-3-2-4-6-16/h2-6,13-14H,7-12,15H2,1H3. The van der Waals surface area contributed by atoms with Gasteiger partial charge in [0.05, 0.1) is 30.8 Å². The zero-order valence-electron chi connectivity index (χ0n) is 17.2. The number of hydrogen-bond donors (Lipinski definition) is 0. The van der Waals surface area contributed by atoms with E-state index in [1.165, 1.54) is 4.68 Å². The summed E-state index contributed by atoms with van der Waals surface area (Å²) < 4.78 is 10.8. The monoisotopic (exact) mass is 461 g/mol. The van der Waals surface area contributed by atoms with Crippen LogP contribution in [0.5, 0.6) is 0 Å². The molecule has 1 fully saturated rings. The Balaban J connectivity index is 1.41. The maximum atomic E-state index is 12.8. The van der Waals surface area contributed by atoms with Crippen LogP contribution in [0.4, 0.5) is 5.69 Å². The van der Waals surface area contributed by atoms with Crippen LogP contribution in [-0.4, -0.2) is 68.9 Å². The normalized spacial score (nSPS) is 14.8. The van der Waals surface area contributed by atoms with Gasteiger partial charge in [0.1, 0.15) is 11.3 Å². The van der Waals surface area contributed by atoms with Crippen molar-refractivity contribution < 1.29 is 4.74 Å². The summed E-state index contributed by atoms with van der Waals surface area (Å²) in [6.07, 6.45) is 3.41. The Bertz CT molecular complexity index is 1140. The average Bonchev–Trinajstić information content (AvgIpc) is 3.14. The van der Waals surface area contributed by atoms with Crippen LogP contribution in [0, 0.1) is 4.77 Å². The fourth-order valence-corrected chi connectivity index (χ4v) is 4.02. The van der Waals surface area contributed by atoms with Gasteiger partial charge in [0.15, 0.2) is 4.77 Å². The molecule has 3 heterocycles. The summed E-state index contributed by atoms with van der Waals surface area (Å²) >= 11 is 11.9. The molecule has 9 nitrogen and oxygen atoms in total. The van der Waals surface area contributed by atoms with Gasteiger partial charge in [-0.05, 0) is 24.4 Å². The fourth-order valence-electron chi connectivity index (χ4n) is 3.53. The van der Waals surface area contributed by atoms with Gasteiger partial charge in [-0.3, -0.25) is 9.69 Å². The number of methoxy groups -OCH3 is 1. The van der Waals surface area contributed by atoms with Crippen molar-refractivity contribution in [3.8, 4) is 5.69 Å². The summed E-state index contributed by atoms with van der Waals surface area (Å²) in [5.74, 6) is 0. The minimum absolute atomic E-state index is 0.186. The minimum atomic E-state index is -0.319. The van der Waals surface area contributed by atoms with Crippen molar-refractivity contribution in [1.82, 2.24) is 29.0 Å². The summed E-state index contributed by atoms with van der Waals surface area (Å²) in [6, 6.07) is 9.26. The van der Waals surface area contributed by atoms with Crippen molar-refractivity contribution in [3.05, 3.63) is 63.0 Å². The topological polar surface area (TPSA) is 73.3 Å². The molecule has 0 amide bonds. The highest BCUT2D eigenvalue weighted by Gasteiger charge is 2.22. The summed E-state index contributed by atoms with van der Waals surface area (Å²) in [6.45, 7) is 4.95. The molecule has 0 N–H and O–H groups in total. The zero-order chi connectivity index (χ0) is 21.8. The second-order valence-electron chi connectivity index (χ2n) is 7.24. The molecule has 31 heavy (non-hydrogen) atoms. The molecule has 0 aliphatic carbocycles. The first-order valence-corrected chi connectivity index (χ1v) is 10.8. The van der Waals surface area contributed by atoms with Gasteiger partial charge in [0.25, 0.3) is 5.56 Å². The number of hydrogen-bond acceptors (Lipinski definition) is 7. The van der Waals surface area contributed by atoms with Crippen molar-refractivity contribution in [2.45, 2.75) is 13.2 Å². The molecule has 4 rings (SSSR count). The van der Waals surface area contributed by atoms with E-state index in [1.54, 1.807) is 19.6 Å². The van der Waals surface area contributed by atoms with E-state index in [0.29, 0.717) is 36.0 Å². The molecule has 1 aliphatic rings. The number of piperazine rings is 1. The van der Waals surface area contributed by atoms with Crippen LogP contribution in [0.1, 0.15) is 0 Å². The molecule has 0 saturated carbocycles. The van der Waals surface area contributed by atoms with Crippen molar-refractivity contribution in [2.75, 3.05) is 44.8 Å². The number of aromatic nitrogens is 5. The van der Waals surface area contributed by atoms with Crippen molar-refractivity contribution >= 4 is 29.5 Å². The lowest BCUT2D eigenvalue weighted by molar-refractivity contribution is 0.183. The Hall–Kier alpha value is -2.53. The second kappa shape index (κ2) is 9.73. The molecule has 0 atom stereocenters. The number of ether oxygens (including phenoxy) is 1. The third-order valence-corrected chi connectivity index (χ3v) is 6.08. The minimum Gasteiger partial charge on any atom is -0.383 e. The fraction of sp³-hybridized carbons (Fsp3) is 0.400. The lowest BCUT2D eigenvalue weighted by Gasteiger charge is -2.35. The van der Waals surface area contributed by atoms with Crippen LogP contribution in [0.3, 0.4) is 0 Å². The van der Waals surface area contributed by atoms with E-state index in [9.17, 15) is 4.79 Å². The first-order chi connectivity index (χ1) is 15.1. The Labute approximate surface area is 190 Å². The zero-order valence-corrected chi connectivity index (χ0v) is 18.8. The van der Waals surface area contributed by atoms with Crippen LogP contribution >= 0.6 is 23.8 Å². The van der Waals surface area contributed by atoms with E-state index in [-0.39, 0.29) is 10.6 Å². The van der Waals surface area contributed by atoms with Crippen LogP contribution in [-0.2, 0) is 18.0 Å². The highest BCUT2D eigenvalue weighted by atomic mass is 35.5. The first kappa shape index (κ1) is 21.7. The van der Waals surface area contributed by atoms with Crippen LogP contribution < -0.4 is 10.5 Å². The van der Waals surface area contributed by atoms with Gasteiger partial charge in [-0.25, -0.2) is 4.68 Å². The van der Waals surface area contributed by atoms with E-state index in [1.807, 2.05) is 39.6 Å². The number of halogens is 1. The summed E-state index contributed by atoms with van der Waals surface area (Å²) in [5.41, 5.74) is 1.03. The highest BCUT2D eigenvalue weighted by molar-refractivity contribution is 7.71. The molecule has 0 bridgehead atoms. The maximum absolute atomic E-state index is 12.8. The Morgan fingerprint density at radius 1 is 1.13 bits per heavy atom. The molecular formula is C20H24ClN7O2S. The van der Waals surface area contributed by atoms with Gasteiger partial charge in [-0.2, -0.15) is 14.9 Å². The predicted molar refractivity (Wildman–Crippen MR) is 122 cm³/mol. The Morgan fingerprint density at radius 3 is 2.58 bits per heavy atom. The largest absolute Gasteiger partial charge is 0.383 e. The molecule has 0 radical (unpaired) electrons. The molecule has 0 spiro atoms. The number of rotatable bonds is 7. The lowest BCUT2D eigenvalue weighted by Crippen LogP contribution is -2.47. The third kappa shape index (κ3) is 4.72. The molecule has 1 aliphatic heterocycles. The molecule has 3 aromatic rings. The van der Waals surface area contributed by atoms with E-state index >= 15 is 0 Å². The molecule has 164 valence electrons. The molecule has 11 heteroatoms. The Kier molecular flexibility index (Phi) is 6.81. The maximum Gasteiger partial charge on any atom is 0.292 e. The predicted octanol–water partition coefficient (Wildman–Crippen LogP) is 2.04.